The molecule has 3 heterocycles. The molecule has 0 unspecified atom stereocenters. The van der Waals surface area contributed by atoms with E-state index in [1.54, 1.807) is 11.7 Å². The summed E-state index contributed by atoms with van der Waals surface area (Å²) in [7, 11) is 1.61. The number of rotatable bonds is 10. The van der Waals surface area contributed by atoms with Crippen LogP contribution in [-0.2, 0) is 26.1 Å². The summed E-state index contributed by atoms with van der Waals surface area (Å²) < 4.78 is 19.3. The Hall–Kier alpha value is -4.47. The molecule has 38 heavy (non-hydrogen) atoms. The van der Waals surface area contributed by atoms with E-state index in [0.717, 1.165) is 29.0 Å². The number of fused-ring (bicyclic) bond motifs is 1. The molecular formula is C28H29N5O5. The molecule has 10 nitrogen and oxygen atoms in total. The molecule has 0 amide bonds. The topological polar surface area (TPSA) is 114 Å². The van der Waals surface area contributed by atoms with E-state index in [-0.39, 0.29) is 17.9 Å². The first-order chi connectivity index (χ1) is 18.5. The van der Waals surface area contributed by atoms with Gasteiger partial charge < -0.3 is 14.0 Å². The molecule has 0 N–H and O–H groups in total. The zero-order chi connectivity index (χ0) is 26.6. The summed E-state index contributed by atoms with van der Waals surface area (Å²) >= 11 is 0. The lowest BCUT2D eigenvalue weighted by Gasteiger charge is -2.12. The van der Waals surface area contributed by atoms with Crippen LogP contribution in [0.3, 0.4) is 0 Å². The third-order valence-electron chi connectivity index (χ3n) is 6.33. The Kier molecular flexibility index (Phi) is 7.21. The van der Waals surface area contributed by atoms with E-state index in [1.165, 1.54) is 4.57 Å². The lowest BCUT2D eigenvalue weighted by atomic mass is 10.1. The summed E-state index contributed by atoms with van der Waals surface area (Å²) in [4.78, 5) is 35.1. The van der Waals surface area contributed by atoms with Crippen LogP contribution in [0.4, 0.5) is 5.82 Å². The van der Waals surface area contributed by atoms with Crippen molar-refractivity contribution >= 4 is 11.5 Å². The van der Waals surface area contributed by atoms with Crippen molar-refractivity contribution < 1.29 is 14.0 Å². The first-order valence-corrected chi connectivity index (χ1v) is 12.7. The summed E-state index contributed by atoms with van der Waals surface area (Å²) in [6.07, 6.45) is 1.87. The Labute approximate surface area is 219 Å². The van der Waals surface area contributed by atoms with Gasteiger partial charge in [-0.2, -0.15) is 4.98 Å². The van der Waals surface area contributed by atoms with Gasteiger partial charge in [0.05, 0.1) is 18.4 Å². The van der Waals surface area contributed by atoms with Crippen molar-refractivity contribution in [1.29, 1.82) is 0 Å². The molecule has 2 aromatic heterocycles. The maximum absolute atomic E-state index is 13.0. The summed E-state index contributed by atoms with van der Waals surface area (Å²) in [5.41, 5.74) is 2.45. The van der Waals surface area contributed by atoms with Gasteiger partial charge in [0.1, 0.15) is 17.3 Å². The number of hydrogen-bond donors (Lipinski definition) is 0. The van der Waals surface area contributed by atoms with Crippen LogP contribution in [0.15, 0.2) is 67.6 Å². The average Bonchev–Trinajstić information content (AvgIpc) is 3.61. The van der Waals surface area contributed by atoms with Gasteiger partial charge in [-0.05, 0) is 66.9 Å². The minimum Gasteiger partial charge on any atom is -0.497 e. The molecule has 0 spiro atoms. The van der Waals surface area contributed by atoms with Crippen molar-refractivity contribution in [1.82, 2.24) is 19.3 Å². The second-order valence-electron chi connectivity index (χ2n) is 8.99. The van der Waals surface area contributed by atoms with E-state index < -0.39 is 0 Å². The second kappa shape index (κ2) is 10.9. The zero-order valence-corrected chi connectivity index (χ0v) is 21.6. The van der Waals surface area contributed by atoms with Gasteiger partial charge in [-0.3, -0.25) is 13.9 Å². The molecular weight excluding hydrogens is 486 g/mol. The van der Waals surface area contributed by atoms with E-state index in [2.05, 4.69) is 10.1 Å². The maximum atomic E-state index is 13.0. The van der Waals surface area contributed by atoms with E-state index in [4.69, 9.17) is 19.0 Å². The van der Waals surface area contributed by atoms with Crippen molar-refractivity contribution in [2.24, 2.45) is 4.99 Å². The summed E-state index contributed by atoms with van der Waals surface area (Å²) in [5.74, 6) is 2.69. The van der Waals surface area contributed by atoms with Crippen LogP contribution >= 0.6 is 0 Å². The highest BCUT2D eigenvalue weighted by Gasteiger charge is 2.25. The number of benzene rings is 2. The quantitative estimate of drug-likeness (QED) is 0.312. The molecule has 0 atom stereocenters. The molecule has 0 aliphatic carbocycles. The van der Waals surface area contributed by atoms with Gasteiger partial charge in [-0.25, -0.2) is 9.79 Å². The van der Waals surface area contributed by atoms with Crippen molar-refractivity contribution in [2.45, 2.75) is 52.8 Å². The summed E-state index contributed by atoms with van der Waals surface area (Å²) in [6.45, 7) is 5.02. The maximum Gasteiger partial charge on any atom is 0.332 e. The molecule has 0 radical (unpaired) electrons. The normalized spacial score (nSPS) is 12.3. The van der Waals surface area contributed by atoms with Gasteiger partial charge >= 0.3 is 5.69 Å². The highest BCUT2D eigenvalue weighted by Crippen LogP contribution is 2.27. The molecule has 1 aliphatic rings. The van der Waals surface area contributed by atoms with Gasteiger partial charge in [0.15, 0.2) is 6.61 Å². The Morgan fingerprint density at radius 3 is 2.24 bits per heavy atom. The van der Waals surface area contributed by atoms with Crippen LogP contribution in [0.1, 0.15) is 43.6 Å². The molecule has 2 aromatic carbocycles. The number of nitrogens with zero attached hydrogens (tertiary/aromatic N) is 5. The highest BCUT2D eigenvalue weighted by molar-refractivity contribution is 6.06. The van der Waals surface area contributed by atoms with Crippen molar-refractivity contribution in [3.8, 4) is 23.0 Å². The number of aromatic nitrogens is 4. The molecule has 196 valence electrons. The molecule has 4 aromatic rings. The van der Waals surface area contributed by atoms with Gasteiger partial charge in [0.25, 0.3) is 11.4 Å². The predicted octanol–water partition coefficient (Wildman–Crippen LogP) is 4.14. The van der Waals surface area contributed by atoms with E-state index in [1.807, 2.05) is 62.4 Å². The van der Waals surface area contributed by atoms with Crippen LogP contribution in [0, 0.1) is 0 Å². The van der Waals surface area contributed by atoms with Crippen molar-refractivity contribution in [2.75, 3.05) is 7.11 Å². The smallest absolute Gasteiger partial charge is 0.332 e. The number of aliphatic imine (C=N–C) groups is 1. The number of ether oxygens (including phenoxy) is 2. The number of hydrogen-bond acceptors (Lipinski definition) is 8. The van der Waals surface area contributed by atoms with Gasteiger partial charge in [0, 0.05) is 25.1 Å². The first-order valence-electron chi connectivity index (χ1n) is 12.7. The van der Waals surface area contributed by atoms with Gasteiger partial charge in [-0.1, -0.05) is 19.0 Å². The minimum atomic E-state index is -0.289. The van der Waals surface area contributed by atoms with E-state index >= 15 is 0 Å². The van der Waals surface area contributed by atoms with Crippen molar-refractivity contribution in [3.63, 3.8) is 0 Å². The second-order valence-corrected chi connectivity index (χ2v) is 8.99. The molecule has 0 saturated heterocycles. The molecule has 0 saturated carbocycles. The third kappa shape index (κ3) is 4.89. The first kappa shape index (κ1) is 25.2. The Bertz CT molecular complexity index is 1580. The van der Waals surface area contributed by atoms with Crippen LogP contribution in [-0.4, -0.2) is 32.1 Å². The average molecular weight is 516 g/mol. The van der Waals surface area contributed by atoms with Crippen LogP contribution in [0.5, 0.6) is 11.5 Å². The molecule has 0 bridgehead atoms. The monoisotopic (exact) mass is 515 g/mol. The molecule has 5 rings (SSSR count). The number of methoxy groups -OCH3 is 1. The fourth-order valence-corrected chi connectivity index (χ4v) is 4.43. The Morgan fingerprint density at radius 1 is 0.895 bits per heavy atom. The van der Waals surface area contributed by atoms with Gasteiger partial charge in [-0.15, -0.1) is 0 Å². The van der Waals surface area contributed by atoms with Gasteiger partial charge in [0.2, 0.25) is 5.82 Å². The SMILES string of the molecule is CCCn1c2c(c(=O)n(CCC)c1=O)CC(c1ccc(OCc3noc(-c4ccc(OC)cc4)n3)cc1)=N2. The Balaban J connectivity index is 1.29. The van der Waals surface area contributed by atoms with Crippen molar-refractivity contribution in [3.05, 3.63) is 86.3 Å². The fraction of sp³-hybridized carbons (Fsp3) is 0.321. The molecule has 1 aliphatic heterocycles. The fourth-order valence-electron chi connectivity index (χ4n) is 4.43. The highest BCUT2D eigenvalue weighted by atomic mass is 16.5. The molecule has 0 fully saturated rings. The van der Waals surface area contributed by atoms with Crippen LogP contribution in [0.25, 0.3) is 11.5 Å². The van der Waals surface area contributed by atoms with E-state index in [9.17, 15) is 9.59 Å². The third-order valence-corrected chi connectivity index (χ3v) is 6.33. The Morgan fingerprint density at radius 2 is 1.55 bits per heavy atom. The lowest BCUT2D eigenvalue weighted by molar-refractivity contribution is 0.287. The zero-order valence-electron chi connectivity index (χ0n) is 21.6. The predicted molar refractivity (Wildman–Crippen MR) is 143 cm³/mol. The lowest BCUT2D eigenvalue weighted by Crippen LogP contribution is -2.41. The van der Waals surface area contributed by atoms with E-state index in [0.29, 0.717) is 54.8 Å². The minimum absolute atomic E-state index is 0.144. The van der Waals surface area contributed by atoms with Crippen LogP contribution in [0.2, 0.25) is 0 Å². The standard InChI is InChI=1S/C28H29N5O5/c1-4-14-32-25-22(27(34)33(15-5-2)28(32)35)16-23(29-25)18-6-12-21(13-7-18)37-17-24-30-26(38-31-24)19-8-10-20(36-3)11-9-19/h6-13H,4-5,14-17H2,1-3H3. The largest absolute Gasteiger partial charge is 0.497 e. The summed E-state index contributed by atoms with van der Waals surface area (Å²) in [6, 6.07) is 14.8. The molecule has 10 heteroatoms. The van der Waals surface area contributed by atoms with Crippen LogP contribution < -0.4 is 20.7 Å². The summed E-state index contributed by atoms with van der Waals surface area (Å²) in [5, 5.41) is 3.99.